The molecule has 0 amide bonds. The van der Waals surface area contributed by atoms with Crippen LogP contribution in [0.15, 0.2) is 54.6 Å². The number of thiophene rings is 2. The highest BCUT2D eigenvalue weighted by Crippen LogP contribution is 2.66. The van der Waals surface area contributed by atoms with Gasteiger partial charge in [-0.3, -0.25) is 0 Å². The van der Waals surface area contributed by atoms with Crippen molar-refractivity contribution >= 4 is 51.7 Å². The molecule has 0 spiro atoms. The number of benzene rings is 2. The second-order valence-corrected chi connectivity index (χ2v) is 19.5. The van der Waals surface area contributed by atoms with Crippen molar-refractivity contribution in [3.05, 3.63) is 92.2 Å². The van der Waals surface area contributed by atoms with E-state index in [0.717, 1.165) is 60.8 Å². The summed E-state index contributed by atoms with van der Waals surface area (Å²) in [5, 5.41) is 0. The number of esters is 3. The van der Waals surface area contributed by atoms with Crippen LogP contribution in [0.25, 0.3) is 32.0 Å². The van der Waals surface area contributed by atoms with Gasteiger partial charge in [0, 0.05) is 44.9 Å². The van der Waals surface area contributed by atoms with Crippen LogP contribution in [0.3, 0.4) is 0 Å². The van der Waals surface area contributed by atoms with Gasteiger partial charge in [0.15, 0.2) is 0 Å². The van der Waals surface area contributed by atoms with E-state index in [1.807, 2.05) is 0 Å². The van der Waals surface area contributed by atoms with E-state index in [-0.39, 0.29) is 96.3 Å². The van der Waals surface area contributed by atoms with E-state index in [2.05, 4.69) is 6.92 Å². The van der Waals surface area contributed by atoms with Gasteiger partial charge in [-0.15, -0.1) is 22.7 Å². The van der Waals surface area contributed by atoms with Crippen LogP contribution in [-0.4, -0.2) is 136 Å². The first-order valence-corrected chi connectivity index (χ1v) is 25.8. The number of hydrogen-bond donors (Lipinski definition) is 0. The third-order valence-corrected chi connectivity index (χ3v) is 13.8. The fourth-order valence-corrected chi connectivity index (χ4v) is 9.79. The molecule has 20 heteroatoms. The highest BCUT2D eigenvalue weighted by molar-refractivity contribution is 7.16. The predicted molar refractivity (Wildman–Crippen MR) is 267 cm³/mol. The Balaban J connectivity index is 1.42. The van der Waals surface area contributed by atoms with Crippen LogP contribution in [0, 0.1) is 13.8 Å². The summed E-state index contributed by atoms with van der Waals surface area (Å²) >= 11 is 1.74. The zero-order valence-electron chi connectivity index (χ0n) is 41.8. The van der Waals surface area contributed by atoms with Crippen LogP contribution in [0.5, 0.6) is 0 Å². The fraction of sp³-hybridized carbons (Fsp3) is 0.528. The summed E-state index contributed by atoms with van der Waals surface area (Å²) < 4.78 is 144. The van der Waals surface area contributed by atoms with Crippen molar-refractivity contribution in [1.29, 1.82) is 0 Å². The highest BCUT2D eigenvalue weighted by Gasteiger charge is 2.80. The number of unbranched alkanes of at least 4 members (excludes halogenated alkanes) is 6. The molecule has 5 rings (SSSR count). The Morgan fingerprint density at radius 1 is 0.452 bits per heavy atom. The molecule has 0 aliphatic heterocycles. The van der Waals surface area contributed by atoms with E-state index in [9.17, 15) is 14.4 Å². The lowest BCUT2D eigenvalue weighted by Gasteiger charge is -2.25. The first-order valence-electron chi connectivity index (χ1n) is 24.2. The van der Waals surface area contributed by atoms with Crippen molar-refractivity contribution in [2.45, 2.75) is 83.5 Å². The standard InChI is InChI=1S/C53H64F6O12S2/c1-6-7-8-9-10-11-12-17-69-48(60)38-15-13-37(14-16-38)44-33-42(35(2)72-44)46-47(52(56,57)53(58,59)51(46,54)55)43-34-45(73-36(43)3)39-30-40(49(61)70-28-26-67-24-22-65-20-18-63-4)32-41(31-39)50(62)71-29-27-68-25-23-66-21-19-64-5/h13-16,30-34H,6-12,17-29H2,1-5H3. The molecule has 0 bridgehead atoms. The van der Waals surface area contributed by atoms with Crippen LogP contribution in [0.2, 0.25) is 0 Å². The topological polar surface area (TPSA) is 134 Å². The van der Waals surface area contributed by atoms with E-state index in [1.165, 1.54) is 77.3 Å². The minimum absolute atomic E-state index is 0.00690. The van der Waals surface area contributed by atoms with Crippen LogP contribution in [0.4, 0.5) is 26.3 Å². The van der Waals surface area contributed by atoms with Crippen molar-refractivity contribution < 1.29 is 83.4 Å². The molecule has 12 nitrogen and oxygen atoms in total. The van der Waals surface area contributed by atoms with Crippen LogP contribution in [-0.2, 0) is 42.6 Å². The monoisotopic (exact) mass is 1070 g/mol. The molecule has 0 saturated carbocycles. The normalized spacial score (nSPS) is 14.7. The van der Waals surface area contributed by atoms with Gasteiger partial charge in [-0.2, -0.15) is 26.3 Å². The molecule has 2 aromatic heterocycles. The minimum atomic E-state index is -5.84. The maximum atomic E-state index is 16.3. The molecule has 0 atom stereocenters. The van der Waals surface area contributed by atoms with Crippen LogP contribution >= 0.6 is 22.7 Å². The number of rotatable bonds is 33. The number of ether oxygens (including phenoxy) is 9. The second kappa shape index (κ2) is 28.9. The van der Waals surface area contributed by atoms with E-state index in [0.29, 0.717) is 36.9 Å². The van der Waals surface area contributed by atoms with E-state index in [4.69, 9.17) is 42.6 Å². The number of allylic oxidation sites excluding steroid dienone is 2. The van der Waals surface area contributed by atoms with Gasteiger partial charge in [-0.1, -0.05) is 57.6 Å². The van der Waals surface area contributed by atoms with Crippen LogP contribution in [0.1, 0.15) is 104 Å². The van der Waals surface area contributed by atoms with Gasteiger partial charge < -0.3 is 42.6 Å². The van der Waals surface area contributed by atoms with Gasteiger partial charge in [0.25, 0.3) is 0 Å². The largest absolute Gasteiger partial charge is 0.462 e. The number of carbonyl (C=O) groups is 3. The average molecular weight is 1070 g/mol. The number of aryl methyl sites for hydroxylation is 2. The number of alkyl halides is 6. The molecule has 4 aromatic rings. The highest BCUT2D eigenvalue weighted by atomic mass is 32.1. The summed E-state index contributed by atoms with van der Waals surface area (Å²) in [5.74, 6) is -18.9. The molecular formula is C53H64F6O12S2. The van der Waals surface area contributed by atoms with Crippen LogP contribution < -0.4 is 0 Å². The Morgan fingerprint density at radius 2 is 0.836 bits per heavy atom. The number of carbonyl (C=O) groups excluding carboxylic acids is 3. The Kier molecular flexibility index (Phi) is 23.4. The molecule has 2 heterocycles. The molecular weight excluding hydrogens is 1010 g/mol. The maximum Gasteiger partial charge on any atom is 0.380 e. The first kappa shape index (κ1) is 59.2. The van der Waals surface area contributed by atoms with Crippen molar-refractivity contribution in [3.8, 4) is 20.9 Å². The summed E-state index contributed by atoms with van der Waals surface area (Å²) in [5.41, 5.74) is -3.74. The lowest BCUT2D eigenvalue weighted by Crippen LogP contribution is -2.48. The summed E-state index contributed by atoms with van der Waals surface area (Å²) in [4.78, 5) is 40.0. The smallest absolute Gasteiger partial charge is 0.380 e. The molecule has 2 aromatic carbocycles. The molecule has 402 valence electrons. The van der Waals surface area contributed by atoms with Gasteiger partial charge in [0.05, 0.1) is 89.4 Å². The number of hydrogen-bond acceptors (Lipinski definition) is 14. The third-order valence-electron chi connectivity index (χ3n) is 11.6. The van der Waals surface area contributed by atoms with Gasteiger partial charge in [-0.25, -0.2) is 14.4 Å². The van der Waals surface area contributed by atoms with Gasteiger partial charge in [0.2, 0.25) is 0 Å². The van der Waals surface area contributed by atoms with Crippen molar-refractivity contribution in [3.63, 3.8) is 0 Å². The quantitative estimate of drug-likeness (QED) is 0.0195. The maximum absolute atomic E-state index is 16.3. The molecule has 0 radical (unpaired) electrons. The predicted octanol–water partition coefficient (Wildman–Crippen LogP) is 12.2. The average Bonchev–Trinajstić information content (AvgIpc) is 3.98. The molecule has 0 saturated heterocycles. The molecule has 1 aliphatic carbocycles. The summed E-state index contributed by atoms with van der Waals surface area (Å²) in [6.07, 6.45) is 7.33. The zero-order chi connectivity index (χ0) is 53.0. The van der Waals surface area contributed by atoms with Gasteiger partial charge in [-0.05, 0) is 85.0 Å². The van der Waals surface area contributed by atoms with Crippen molar-refractivity contribution in [1.82, 2.24) is 0 Å². The molecule has 1 aliphatic rings. The first-order chi connectivity index (χ1) is 35.0. The molecule has 73 heavy (non-hydrogen) atoms. The summed E-state index contributed by atoms with van der Waals surface area (Å²) in [6, 6.07) is 12.1. The minimum Gasteiger partial charge on any atom is -0.462 e. The zero-order valence-corrected chi connectivity index (χ0v) is 43.5. The van der Waals surface area contributed by atoms with Crippen molar-refractivity contribution in [2.75, 3.05) is 100 Å². The SMILES string of the molecule is CCCCCCCCCOC(=O)c1ccc(-c2cc(C3=C(c4cc(-c5cc(C(=O)OCCOCCOCCOC)cc(C(=O)OCCOCCOCCOC)c5)sc4C)C(F)(F)C(F)(F)C3(F)F)c(C)s2)cc1. The number of methoxy groups -OCH3 is 2. The molecule has 0 fully saturated rings. The van der Waals surface area contributed by atoms with E-state index in [1.54, 1.807) is 12.1 Å². The number of halogens is 6. The van der Waals surface area contributed by atoms with Gasteiger partial charge >= 0.3 is 35.7 Å². The summed E-state index contributed by atoms with van der Waals surface area (Å²) in [7, 11) is 3.08. The third kappa shape index (κ3) is 15.7. The van der Waals surface area contributed by atoms with Crippen molar-refractivity contribution in [2.24, 2.45) is 0 Å². The van der Waals surface area contributed by atoms with E-state index >= 15 is 26.3 Å². The Hall–Kier alpha value is -4.67. The second-order valence-electron chi connectivity index (χ2n) is 17.0. The fourth-order valence-electron chi connectivity index (χ4n) is 7.74. The molecule has 0 N–H and O–H groups in total. The lowest BCUT2D eigenvalue weighted by molar-refractivity contribution is -0.254. The lowest BCUT2D eigenvalue weighted by atomic mass is 9.94. The van der Waals surface area contributed by atoms with Gasteiger partial charge in [0.1, 0.15) is 13.2 Å². The Bertz CT molecular complexity index is 2380. The molecule has 0 unspecified atom stereocenters. The Morgan fingerprint density at radius 3 is 1.29 bits per heavy atom. The Labute approximate surface area is 430 Å². The van der Waals surface area contributed by atoms with E-state index < -0.39 is 57.9 Å². The summed E-state index contributed by atoms with van der Waals surface area (Å²) in [6.45, 7) is 7.16.